The first-order valence-electron chi connectivity index (χ1n) is 4.52. The van der Waals surface area contributed by atoms with Gasteiger partial charge in [-0.3, -0.25) is 0 Å². The minimum Gasteiger partial charge on any atom is -0.443 e. The van der Waals surface area contributed by atoms with E-state index in [-0.39, 0.29) is 5.41 Å². The van der Waals surface area contributed by atoms with Crippen LogP contribution in [0.1, 0.15) is 26.3 Å². The molecule has 0 unspecified atom stereocenters. The van der Waals surface area contributed by atoms with Crippen LogP contribution < -0.4 is 0 Å². The van der Waals surface area contributed by atoms with E-state index in [1.54, 1.807) is 0 Å². The molecular formula is C11H12BrNO. The van der Waals surface area contributed by atoms with Gasteiger partial charge < -0.3 is 4.42 Å². The van der Waals surface area contributed by atoms with Crippen LogP contribution >= 0.6 is 15.9 Å². The zero-order valence-corrected chi connectivity index (χ0v) is 10.1. The van der Waals surface area contributed by atoms with Gasteiger partial charge in [0.25, 0.3) is 0 Å². The van der Waals surface area contributed by atoms with Gasteiger partial charge >= 0.3 is 0 Å². The van der Waals surface area contributed by atoms with Gasteiger partial charge in [0.05, 0.1) is 0 Å². The van der Waals surface area contributed by atoms with Crippen molar-refractivity contribution < 1.29 is 4.42 Å². The van der Waals surface area contributed by atoms with E-state index in [1.807, 2.05) is 6.07 Å². The number of fused-ring (bicyclic) bond motifs is 1. The summed E-state index contributed by atoms with van der Waals surface area (Å²) in [5.41, 5.74) is 3.05. The standard InChI is InChI=1S/C11H12BrNO/c1-11(2,3)8-4-7(12)5-9-10(8)14-6-13-9/h4-6H,1-3H3. The molecule has 74 valence electrons. The van der Waals surface area contributed by atoms with E-state index in [1.165, 1.54) is 12.0 Å². The van der Waals surface area contributed by atoms with Crippen molar-refractivity contribution in [1.29, 1.82) is 0 Å². The highest BCUT2D eigenvalue weighted by atomic mass is 79.9. The smallest absolute Gasteiger partial charge is 0.181 e. The molecule has 0 amide bonds. The quantitative estimate of drug-likeness (QED) is 0.712. The minimum absolute atomic E-state index is 0.0710. The molecule has 2 nitrogen and oxygen atoms in total. The maximum Gasteiger partial charge on any atom is 0.181 e. The normalized spacial score (nSPS) is 12.3. The molecule has 0 saturated carbocycles. The van der Waals surface area contributed by atoms with E-state index in [9.17, 15) is 0 Å². The molecule has 3 heteroatoms. The van der Waals surface area contributed by atoms with Crippen LogP contribution in [0, 0.1) is 0 Å². The van der Waals surface area contributed by atoms with Crippen molar-refractivity contribution in [2.75, 3.05) is 0 Å². The van der Waals surface area contributed by atoms with Crippen LogP contribution in [-0.2, 0) is 5.41 Å². The van der Waals surface area contributed by atoms with Crippen molar-refractivity contribution in [3.63, 3.8) is 0 Å². The predicted octanol–water partition coefficient (Wildman–Crippen LogP) is 3.89. The molecule has 0 saturated heterocycles. The van der Waals surface area contributed by atoms with Gasteiger partial charge in [0.15, 0.2) is 12.0 Å². The van der Waals surface area contributed by atoms with Gasteiger partial charge in [-0.05, 0) is 17.5 Å². The Morgan fingerprint density at radius 1 is 1.29 bits per heavy atom. The summed E-state index contributed by atoms with van der Waals surface area (Å²) in [6.07, 6.45) is 1.49. The average molecular weight is 254 g/mol. The molecule has 0 radical (unpaired) electrons. The van der Waals surface area contributed by atoms with Crippen molar-refractivity contribution in [2.45, 2.75) is 26.2 Å². The first kappa shape index (κ1) is 9.71. The maximum absolute atomic E-state index is 5.40. The van der Waals surface area contributed by atoms with Crippen molar-refractivity contribution in [2.24, 2.45) is 0 Å². The monoisotopic (exact) mass is 253 g/mol. The lowest BCUT2D eigenvalue weighted by Gasteiger charge is -2.19. The molecular weight excluding hydrogens is 242 g/mol. The Kier molecular flexibility index (Phi) is 2.14. The fourth-order valence-corrected chi connectivity index (χ4v) is 1.94. The number of aromatic nitrogens is 1. The van der Waals surface area contributed by atoms with Crippen LogP contribution in [0.2, 0.25) is 0 Å². The average Bonchev–Trinajstić information content (AvgIpc) is 2.47. The topological polar surface area (TPSA) is 26.0 Å². The van der Waals surface area contributed by atoms with Gasteiger partial charge in [-0.2, -0.15) is 0 Å². The highest BCUT2D eigenvalue weighted by Gasteiger charge is 2.19. The van der Waals surface area contributed by atoms with Crippen molar-refractivity contribution >= 4 is 27.0 Å². The molecule has 1 aromatic heterocycles. The second-order valence-electron chi connectivity index (χ2n) is 4.40. The number of halogens is 1. The highest BCUT2D eigenvalue weighted by molar-refractivity contribution is 9.10. The zero-order valence-electron chi connectivity index (χ0n) is 8.47. The van der Waals surface area contributed by atoms with Gasteiger partial charge in [-0.25, -0.2) is 4.98 Å². The summed E-state index contributed by atoms with van der Waals surface area (Å²) in [5, 5.41) is 0. The van der Waals surface area contributed by atoms with E-state index in [2.05, 4.69) is 47.8 Å². The molecule has 0 spiro atoms. The molecule has 1 heterocycles. The van der Waals surface area contributed by atoms with Gasteiger partial charge in [0.2, 0.25) is 0 Å². The summed E-state index contributed by atoms with van der Waals surface area (Å²) in [4.78, 5) is 4.16. The summed E-state index contributed by atoms with van der Waals surface area (Å²) >= 11 is 3.48. The number of hydrogen-bond donors (Lipinski definition) is 0. The second kappa shape index (κ2) is 3.09. The third kappa shape index (κ3) is 1.57. The molecule has 0 fully saturated rings. The Balaban J connectivity index is 2.80. The molecule has 14 heavy (non-hydrogen) atoms. The molecule has 1 aromatic carbocycles. The lowest BCUT2D eigenvalue weighted by Crippen LogP contribution is -2.11. The molecule has 0 aliphatic rings. The van der Waals surface area contributed by atoms with Crippen LogP contribution in [0.15, 0.2) is 27.4 Å². The summed E-state index contributed by atoms with van der Waals surface area (Å²) in [6.45, 7) is 6.49. The molecule has 0 bridgehead atoms. The summed E-state index contributed by atoms with van der Waals surface area (Å²) < 4.78 is 6.44. The SMILES string of the molecule is CC(C)(C)c1cc(Br)cc2ncoc12. The van der Waals surface area contributed by atoms with Crippen LogP contribution in [-0.4, -0.2) is 4.98 Å². The highest BCUT2D eigenvalue weighted by Crippen LogP contribution is 2.32. The number of benzene rings is 1. The van der Waals surface area contributed by atoms with Crippen LogP contribution in [0.4, 0.5) is 0 Å². The summed E-state index contributed by atoms with van der Waals surface area (Å²) in [5.74, 6) is 0. The summed E-state index contributed by atoms with van der Waals surface area (Å²) in [7, 11) is 0. The Morgan fingerprint density at radius 2 is 2.00 bits per heavy atom. The maximum atomic E-state index is 5.40. The Morgan fingerprint density at radius 3 is 2.64 bits per heavy atom. The van der Waals surface area contributed by atoms with Gasteiger partial charge in [-0.15, -0.1) is 0 Å². The fraction of sp³-hybridized carbons (Fsp3) is 0.364. The van der Waals surface area contributed by atoms with Gasteiger partial charge in [0, 0.05) is 10.0 Å². The van der Waals surface area contributed by atoms with Crippen LogP contribution in [0.25, 0.3) is 11.1 Å². The first-order valence-corrected chi connectivity index (χ1v) is 5.31. The Labute approximate surface area is 91.5 Å². The molecule has 2 rings (SSSR count). The lowest BCUT2D eigenvalue weighted by molar-refractivity contribution is 0.554. The Hall–Kier alpha value is -0.830. The van der Waals surface area contributed by atoms with Crippen molar-refractivity contribution in [1.82, 2.24) is 4.98 Å². The fourth-order valence-electron chi connectivity index (χ4n) is 1.49. The van der Waals surface area contributed by atoms with E-state index >= 15 is 0 Å². The van der Waals surface area contributed by atoms with Crippen LogP contribution in [0.3, 0.4) is 0 Å². The molecule has 0 N–H and O–H groups in total. The van der Waals surface area contributed by atoms with Gasteiger partial charge in [-0.1, -0.05) is 36.7 Å². The Bertz CT molecular complexity index is 468. The number of rotatable bonds is 0. The number of hydrogen-bond acceptors (Lipinski definition) is 2. The van der Waals surface area contributed by atoms with E-state index in [0.29, 0.717) is 0 Å². The lowest BCUT2D eigenvalue weighted by atomic mass is 9.86. The third-order valence-electron chi connectivity index (χ3n) is 2.20. The molecule has 2 aromatic rings. The zero-order chi connectivity index (χ0) is 10.3. The van der Waals surface area contributed by atoms with E-state index in [4.69, 9.17) is 4.42 Å². The molecule has 0 atom stereocenters. The third-order valence-corrected chi connectivity index (χ3v) is 2.66. The van der Waals surface area contributed by atoms with E-state index in [0.717, 1.165) is 15.6 Å². The van der Waals surface area contributed by atoms with Gasteiger partial charge in [0.1, 0.15) is 5.52 Å². The molecule has 0 aliphatic heterocycles. The minimum atomic E-state index is 0.0710. The predicted molar refractivity (Wildman–Crippen MR) is 60.4 cm³/mol. The van der Waals surface area contributed by atoms with Crippen molar-refractivity contribution in [3.05, 3.63) is 28.6 Å². The number of oxazole rings is 1. The number of nitrogens with zero attached hydrogens (tertiary/aromatic N) is 1. The van der Waals surface area contributed by atoms with Crippen molar-refractivity contribution in [3.8, 4) is 0 Å². The molecule has 0 aliphatic carbocycles. The summed E-state index contributed by atoms with van der Waals surface area (Å²) in [6, 6.07) is 4.06. The largest absolute Gasteiger partial charge is 0.443 e. The van der Waals surface area contributed by atoms with Crippen LogP contribution in [0.5, 0.6) is 0 Å². The van der Waals surface area contributed by atoms with E-state index < -0.39 is 0 Å². The first-order chi connectivity index (χ1) is 6.48. The second-order valence-corrected chi connectivity index (χ2v) is 5.32.